The fourth-order valence-electron chi connectivity index (χ4n) is 2.63. The minimum absolute atomic E-state index is 0.0191. The lowest BCUT2D eigenvalue weighted by atomic mass is 10.1. The molecule has 134 valence electrons. The van der Waals surface area contributed by atoms with Crippen LogP contribution < -0.4 is 18.9 Å². The average Bonchev–Trinajstić information content (AvgIpc) is 2.96. The first-order chi connectivity index (χ1) is 12.5. The molecule has 0 aliphatic carbocycles. The topological polar surface area (TPSA) is 91.3 Å². The quantitative estimate of drug-likeness (QED) is 0.823. The first-order valence-corrected chi connectivity index (χ1v) is 7.60. The van der Waals surface area contributed by atoms with Crippen LogP contribution in [-0.2, 0) is 0 Å². The van der Waals surface area contributed by atoms with Gasteiger partial charge in [-0.1, -0.05) is 0 Å². The molecule has 0 radical (unpaired) electrons. The third-order valence-corrected chi connectivity index (χ3v) is 3.94. The maximum absolute atomic E-state index is 12.6. The number of carboxylic acids is 1. The predicted octanol–water partition coefficient (Wildman–Crippen LogP) is 3.03. The van der Waals surface area contributed by atoms with Gasteiger partial charge in [-0.15, -0.1) is 0 Å². The fourth-order valence-corrected chi connectivity index (χ4v) is 2.63. The van der Waals surface area contributed by atoms with Gasteiger partial charge in [-0.25, -0.2) is 4.79 Å². The van der Waals surface area contributed by atoms with Gasteiger partial charge in [-0.05, 0) is 30.3 Å². The Morgan fingerprint density at radius 2 is 1.65 bits per heavy atom. The Kier molecular flexibility index (Phi) is 4.53. The van der Waals surface area contributed by atoms with Gasteiger partial charge in [-0.2, -0.15) is 0 Å². The highest BCUT2D eigenvalue weighted by atomic mass is 16.5. The number of carbonyl (C=O) groups is 2. The van der Waals surface area contributed by atoms with Crippen LogP contribution >= 0.6 is 0 Å². The molecule has 0 bridgehead atoms. The van der Waals surface area contributed by atoms with E-state index >= 15 is 0 Å². The Morgan fingerprint density at radius 1 is 1.00 bits per heavy atom. The van der Waals surface area contributed by atoms with Gasteiger partial charge in [0.1, 0.15) is 11.5 Å². The molecule has 0 aromatic heterocycles. The molecule has 0 saturated heterocycles. The van der Waals surface area contributed by atoms with Crippen molar-refractivity contribution in [2.75, 3.05) is 21.3 Å². The zero-order valence-corrected chi connectivity index (χ0v) is 14.4. The Morgan fingerprint density at radius 3 is 2.27 bits per heavy atom. The van der Waals surface area contributed by atoms with E-state index in [1.54, 1.807) is 12.1 Å². The second kappa shape index (κ2) is 6.79. The number of hydrogen-bond acceptors (Lipinski definition) is 6. The molecule has 3 rings (SSSR count). The van der Waals surface area contributed by atoms with Crippen LogP contribution in [0.2, 0.25) is 0 Å². The van der Waals surface area contributed by atoms with Gasteiger partial charge < -0.3 is 24.1 Å². The fraction of sp³-hybridized carbons (Fsp3) is 0.158. The summed E-state index contributed by atoms with van der Waals surface area (Å²) in [7, 11) is 4.51. The predicted molar refractivity (Wildman–Crippen MR) is 92.4 cm³/mol. The maximum Gasteiger partial charge on any atom is 0.335 e. The van der Waals surface area contributed by atoms with Crippen molar-refractivity contribution in [2.45, 2.75) is 0 Å². The standard InChI is InChI=1S/C19H16O7/c1-23-14-9-16(25-3)15(24-2)7-11(14)8-17-18(20)12-6-10(19(21)22)4-5-13(12)26-17/h4-9H,1-3H3,(H,21,22). The summed E-state index contributed by atoms with van der Waals surface area (Å²) in [5, 5.41) is 9.07. The number of hydrogen-bond donors (Lipinski definition) is 1. The van der Waals surface area contributed by atoms with Gasteiger partial charge in [0.25, 0.3) is 0 Å². The van der Waals surface area contributed by atoms with Crippen LogP contribution in [-0.4, -0.2) is 38.2 Å². The summed E-state index contributed by atoms with van der Waals surface area (Å²) in [6.07, 6.45) is 1.52. The molecule has 1 N–H and O–H groups in total. The number of rotatable bonds is 5. The number of ether oxygens (including phenoxy) is 4. The third kappa shape index (κ3) is 2.95. The molecule has 0 fully saturated rings. The summed E-state index contributed by atoms with van der Waals surface area (Å²) in [5.74, 6) is 0.280. The van der Waals surface area contributed by atoms with E-state index in [1.165, 1.54) is 45.6 Å². The van der Waals surface area contributed by atoms with Crippen molar-refractivity contribution in [3.63, 3.8) is 0 Å². The number of fused-ring (bicyclic) bond motifs is 1. The van der Waals surface area contributed by atoms with Crippen LogP contribution in [0.5, 0.6) is 23.0 Å². The van der Waals surface area contributed by atoms with E-state index in [0.29, 0.717) is 28.6 Å². The van der Waals surface area contributed by atoms with Crippen molar-refractivity contribution in [1.82, 2.24) is 0 Å². The third-order valence-electron chi connectivity index (χ3n) is 3.94. The molecule has 7 heteroatoms. The molecule has 0 saturated carbocycles. The molecule has 2 aromatic carbocycles. The summed E-state index contributed by atoms with van der Waals surface area (Å²) in [6, 6.07) is 7.44. The second-order valence-corrected chi connectivity index (χ2v) is 5.41. The van der Waals surface area contributed by atoms with Crippen molar-refractivity contribution in [3.05, 3.63) is 52.8 Å². The van der Waals surface area contributed by atoms with Gasteiger partial charge in [0.15, 0.2) is 17.3 Å². The van der Waals surface area contributed by atoms with Gasteiger partial charge in [0.05, 0.1) is 32.5 Å². The number of aromatic carboxylic acids is 1. The largest absolute Gasteiger partial charge is 0.496 e. The van der Waals surface area contributed by atoms with Crippen molar-refractivity contribution < 1.29 is 33.6 Å². The van der Waals surface area contributed by atoms with Gasteiger partial charge in [0.2, 0.25) is 5.78 Å². The van der Waals surface area contributed by atoms with Crippen LogP contribution in [0.25, 0.3) is 6.08 Å². The molecule has 7 nitrogen and oxygen atoms in total. The van der Waals surface area contributed by atoms with Gasteiger partial charge >= 0.3 is 5.97 Å². The molecule has 26 heavy (non-hydrogen) atoms. The van der Waals surface area contributed by atoms with Crippen molar-refractivity contribution in [2.24, 2.45) is 0 Å². The normalized spacial score (nSPS) is 14.0. The smallest absolute Gasteiger partial charge is 0.335 e. The summed E-state index contributed by atoms with van der Waals surface area (Å²) in [5.41, 5.74) is 0.779. The van der Waals surface area contributed by atoms with Crippen LogP contribution in [0.3, 0.4) is 0 Å². The van der Waals surface area contributed by atoms with E-state index in [9.17, 15) is 9.59 Å². The molecule has 0 spiro atoms. The van der Waals surface area contributed by atoms with Crippen LogP contribution in [0, 0.1) is 0 Å². The number of allylic oxidation sites excluding steroid dienone is 1. The minimum atomic E-state index is -1.11. The highest BCUT2D eigenvalue weighted by molar-refractivity contribution is 6.15. The zero-order valence-electron chi connectivity index (χ0n) is 14.4. The molecular formula is C19H16O7. The van der Waals surface area contributed by atoms with Crippen molar-refractivity contribution >= 4 is 17.8 Å². The number of carboxylic acid groups (broad SMARTS) is 1. The van der Waals surface area contributed by atoms with E-state index in [-0.39, 0.29) is 16.9 Å². The number of ketones is 1. The highest BCUT2D eigenvalue weighted by Crippen LogP contribution is 2.38. The molecule has 0 amide bonds. The Hall–Kier alpha value is -3.48. The Labute approximate surface area is 149 Å². The lowest BCUT2D eigenvalue weighted by Gasteiger charge is -2.12. The van der Waals surface area contributed by atoms with E-state index in [2.05, 4.69) is 0 Å². The molecular weight excluding hydrogens is 340 g/mol. The number of Topliss-reactive ketones (excluding diaryl/α,β-unsaturated/α-hetero) is 1. The second-order valence-electron chi connectivity index (χ2n) is 5.41. The Bertz CT molecular complexity index is 928. The lowest BCUT2D eigenvalue weighted by Crippen LogP contribution is -2.01. The number of carbonyl (C=O) groups excluding carboxylic acids is 1. The van der Waals surface area contributed by atoms with Crippen LogP contribution in [0.1, 0.15) is 26.3 Å². The molecule has 0 atom stereocenters. The average molecular weight is 356 g/mol. The molecule has 1 aliphatic heterocycles. The van der Waals surface area contributed by atoms with Crippen LogP contribution in [0.4, 0.5) is 0 Å². The number of methoxy groups -OCH3 is 3. The molecule has 2 aromatic rings. The first-order valence-electron chi connectivity index (χ1n) is 7.60. The first kappa shape index (κ1) is 17.3. The Balaban J connectivity index is 2.03. The molecule has 1 heterocycles. The van der Waals surface area contributed by atoms with Crippen LogP contribution in [0.15, 0.2) is 36.1 Å². The monoisotopic (exact) mass is 356 g/mol. The van der Waals surface area contributed by atoms with E-state index < -0.39 is 11.8 Å². The lowest BCUT2D eigenvalue weighted by molar-refractivity contribution is 0.0697. The van der Waals surface area contributed by atoms with Gasteiger partial charge in [0, 0.05) is 11.6 Å². The summed E-state index contributed by atoms with van der Waals surface area (Å²) in [4.78, 5) is 23.7. The van der Waals surface area contributed by atoms with Gasteiger partial charge in [-0.3, -0.25) is 4.79 Å². The summed E-state index contributed by atoms with van der Waals surface area (Å²) < 4.78 is 21.4. The SMILES string of the molecule is COc1cc(OC)c(OC)cc1C=C1Oc2ccc(C(=O)O)cc2C1=O. The van der Waals surface area contributed by atoms with Crippen molar-refractivity contribution in [3.8, 4) is 23.0 Å². The number of benzene rings is 2. The molecule has 0 unspecified atom stereocenters. The zero-order chi connectivity index (χ0) is 18.8. The van der Waals surface area contributed by atoms with E-state index in [0.717, 1.165) is 0 Å². The molecule has 1 aliphatic rings. The highest BCUT2D eigenvalue weighted by Gasteiger charge is 2.29. The summed E-state index contributed by atoms with van der Waals surface area (Å²) >= 11 is 0. The maximum atomic E-state index is 12.6. The van der Waals surface area contributed by atoms with E-state index in [1.807, 2.05) is 0 Å². The van der Waals surface area contributed by atoms with Crippen molar-refractivity contribution in [1.29, 1.82) is 0 Å². The summed E-state index contributed by atoms with van der Waals surface area (Å²) in [6.45, 7) is 0. The minimum Gasteiger partial charge on any atom is -0.496 e. The van der Waals surface area contributed by atoms with E-state index in [4.69, 9.17) is 24.1 Å².